The Kier molecular flexibility index (Phi) is 15.9. The fourth-order valence-corrected chi connectivity index (χ4v) is 7.81. The molecule has 0 aromatic rings. The van der Waals surface area contributed by atoms with Crippen molar-refractivity contribution in [2.75, 3.05) is 78.8 Å². The van der Waals surface area contributed by atoms with E-state index >= 15 is 0 Å². The molecule has 4 aliphatic rings. The van der Waals surface area contributed by atoms with Gasteiger partial charge in [0.25, 0.3) is 0 Å². The number of ether oxygens (including phenoxy) is 4. The molecule has 4 amide bonds. The maximum Gasteiger partial charge on any atom is 0.311 e. The van der Waals surface area contributed by atoms with E-state index in [1.807, 2.05) is 55.4 Å². The smallest absolute Gasteiger partial charge is 0.311 e. The molecule has 0 radical (unpaired) electrons. The summed E-state index contributed by atoms with van der Waals surface area (Å²) in [7, 11) is 0. The van der Waals surface area contributed by atoms with Crippen LogP contribution in [0.5, 0.6) is 0 Å². The molecule has 4 fully saturated rings. The first-order valence-corrected chi connectivity index (χ1v) is 20.5. The summed E-state index contributed by atoms with van der Waals surface area (Å²) in [6.45, 7) is 16.2. The minimum absolute atomic E-state index is 0.0503. The lowest BCUT2D eigenvalue weighted by atomic mass is 9.91. The molecule has 0 bridgehead atoms. The third-order valence-electron chi connectivity index (χ3n) is 10.6. The maximum absolute atomic E-state index is 13.5. The van der Waals surface area contributed by atoms with Crippen molar-refractivity contribution in [2.45, 2.75) is 81.1 Å². The topological polar surface area (TPSA) is 186 Å². The van der Waals surface area contributed by atoms with Crippen LogP contribution in [0.2, 0.25) is 0 Å². The molecule has 4 heterocycles. The Morgan fingerprint density at radius 2 is 0.632 bits per heavy atom. The monoisotopic (exact) mass is 804 g/mol. The Balaban J connectivity index is 1.56. The predicted molar refractivity (Wildman–Crippen MR) is 204 cm³/mol. The average Bonchev–Trinajstić information content (AvgIpc) is 3.88. The van der Waals surface area contributed by atoms with E-state index in [1.165, 1.54) is 0 Å². The zero-order valence-electron chi connectivity index (χ0n) is 35.1. The minimum atomic E-state index is -1.63. The minimum Gasteiger partial charge on any atom is -0.464 e. The molecule has 0 aromatic heterocycles. The molecule has 4 aliphatic heterocycles. The average molecular weight is 805 g/mol. The summed E-state index contributed by atoms with van der Waals surface area (Å²) < 4.78 is 23.3. The zero-order valence-corrected chi connectivity index (χ0v) is 35.1. The lowest BCUT2D eigenvalue weighted by Crippen LogP contribution is -2.46. The van der Waals surface area contributed by atoms with E-state index in [0.717, 1.165) is 0 Å². The third-order valence-corrected chi connectivity index (χ3v) is 10.6. The van der Waals surface area contributed by atoms with E-state index in [-0.39, 0.29) is 99.2 Å². The Morgan fingerprint density at radius 1 is 0.439 bits per heavy atom. The van der Waals surface area contributed by atoms with Crippen LogP contribution in [0.4, 0.5) is 0 Å². The normalized spacial score (nSPS) is 23.8. The first-order chi connectivity index (χ1) is 26.7. The molecular weight excluding hydrogens is 740 g/mol. The van der Waals surface area contributed by atoms with Gasteiger partial charge in [-0.25, -0.2) is 0 Å². The summed E-state index contributed by atoms with van der Waals surface area (Å²) in [6.07, 6.45) is -0.201. The van der Waals surface area contributed by atoms with Crippen molar-refractivity contribution in [3.8, 4) is 0 Å². The van der Waals surface area contributed by atoms with Gasteiger partial charge in [0, 0.05) is 78.0 Å². The Morgan fingerprint density at radius 3 is 0.807 bits per heavy atom. The lowest BCUT2D eigenvalue weighted by molar-refractivity contribution is -0.176. The van der Waals surface area contributed by atoms with E-state index in [9.17, 15) is 38.4 Å². The highest BCUT2D eigenvalue weighted by Gasteiger charge is 2.45. The fourth-order valence-electron chi connectivity index (χ4n) is 7.81. The molecule has 4 rings (SSSR count). The van der Waals surface area contributed by atoms with Gasteiger partial charge in [-0.3, -0.25) is 38.4 Å². The first kappa shape index (κ1) is 45.5. The molecule has 16 heteroatoms. The van der Waals surface area contributed by atoms with Gasteiger partial charge in [0.1, 0.15) is 31.8 Å². The number of carbonyl (C=O) groups excluding carboxylic acids is 8. The molecule has 4 unspecified atom stereocenters. The van der Waals surface area contributed by atoms with E-state index in [4.69, 9.17) is 18.9 Å². The zero-order chi connectivity index (χ0) is 42.2. The van der Waals surface area contributed by atoms with E-state index in [0.29, 0.717) is 26.2 Å². The summed E-state index contributed by atoms with van der Waals surface area (Å²) in [6, 6.07) is 0. The SMILES string of the molecule is CC(C)CN1CC(C(=O)OCC(COC(=O)C2CC(=O)N(CC(C)C)C2)(COC(=O)C2CC(=O)N(CC(C)C)C2)COC(=O)C2CC(=O)N(CC(C)C)C2)CC1=O. The standard InChI is InChI=1S/C41H64N4O12/c1-25(2)13-42-17-29(9-33(42)46)37(50)54-21-41(22-55-38(51)30-10-34(47)43(18-30)14-26(3)4,23-56-39(52)31-11-35(48)44(19-31)15-27(5)6)24-57-40(53)32-12-36(49)45(20-32)16-28(7)8/h25-32H,9-24H2,1-8H3. The van der Waals surface area contributed by atoms with Crippen LogP contribution in [0, 0.1) is 52.8 Å². The van der Waals surface area contributed by atoms with Gasteiger partial charge in [0.05, 0.1) is 23.7 Å². The van der Waals surface area contributed by atoms with Crippen molar-refractivity contribution in [3.63, 3.8) is 0 Å². The van der Waals surface area contributed by atoms with Crippen molar-refractivity contribution in [2.24, 2.45) is 52.8 Å². The summed E-state index contributed by atoms with van der Waals surface area (Å²) in [5.41, 5.74) is -1.63. The van der Waals surface area contributed by atoms with Crippen LogP contribution in [-0.2, 0) is 57.3 Å². The van der Waals surface area contributed by atoms with E-state index < -0.39 is 79.4 Å². The van der Waals surface area contributed by atoms with E-state index in [2.05, 4.69) is 0 Å². The molecule has 0 spiro atoms. The molecule has 0 N–H and O–H groups in total. The van der Waals surface area contributed by atoms with Crippen LogP contribution in [0.25, 0.3) is 0 Å². The Labute approximate surface area is 336 Å². The van der Waals surface area contributed by atoms with Gasteiger partial charge >= 0.3 is 23.9 Å². The number of amides is 4. The number of rotatable bonds is 20. The number of carbonyl (C=O) groups is 8. The number of hydrogen-bond donors (Lipinski definition) is 0. The van der Waals surface area contributed by atoms with Gasteiger partial charge in [-0.2, -0.15) is 0 Å². The molecular formula is C41H64N4O12. The Hall–Kier alpha value is -4.24. The number of likely N-dealkylation sites (tertiary alicyclic amines) is 4. The van der Waals surface area contributed by atoms with Crippen molar-refractivity contribution in [1.29, 1.82) is 0 Å². The molecule has 4 atom stereocenters. The first-order valence-electron chi connectivity index (χ1n) is 20.5. The highest BCUT2D eigenvalue weighted by Crippen LogP contribution is 2.29. The van der Waals surface area contributed by atoms with E-state index in [1.54, 1.807) is 19.6 Å². The van der Waals surface area contributed by atoms with Crippen molar-refractivity contribution in [1.82, 2.24) is 19.6 Å². The number of hydrogen-bond acceptors (Lipinski definition) is 12. The molecule has 320 valence electrons. The quantitative estimate of drug-likeness (QED) is 0.129. The molecule has 57 heavy (non-hydrogen) atoms. The fraction of sp³-hybridized carbons (Fsp3) is 0.805. The molecule has 4 saturated heterocycles. The van der Waals surface area contributed by atoms with Gasteiger partial charge in [-0.05, 0) is 23.7 Å². The summed E-state index contributed by atoms with van der Waals surface area (Å²) >= 11 is 0. The molecule has 16 nitrogen and oxygen atoms in total. The van der Waals surface area contributed by atoms with Crippen LogP contribution >= 0.6 is 0 Å². The molecule has 0 aliphatic carbocycles. The van der Waals surface area contributed by atoms with Crippen LogP contribution in [0.3, 0.4) is 0 Å². The number of esters is 4. The van der Waals surface area contributed by atoms with Crippen LogP contribution in [0.15, 0.2) is 0 Å². The predicted octanol–water partition coefficient (Wildman–Crippen LogP) is 2.16. The van der Waals surface area contributed by atoms with Gasteiger partial charge < -0.3 is 38.5 Å². The second kappa shape index (κ2) is 20.0. The van der Waals surface area contributed by atoms with Crippen molar-refractivity contribution in [3.05, 3.63) is 0 Å². The second-order valence-corrected chi connectivity index (χ2v) is 18.3. The summed E-state index contributed by atoms with van der Waals surface area (Å²) in [4.78, 5) is 111. The van der Waals surface area contributed by atoms with Gasteiger partial charge in [-0.15, -0.1) is 0 Å². The highest BCUT2D eigenvalue weighted by molar-refractivity contribution is 5.89. The van der Waals surface area contributed by atoms with Crippen molar-refractivity contribution < 1.29 is 57.3 Å². The Bertz CT molecular complexity index is 1290. The van der Waals surface area contributed by atoms with Gasteiger partial charge in [-0.1, -0.05) is 55.4 Å². The largest absolute Gasteiger partial charge is 0.464 e. The molecule has 0 aromatic carbocycles. The van der Waals surface area contributed by atoms with Gasteiger partial charge in [0.2, 0.25) is 23.6 Å². The summed E-state index contributed by atoms with van der Waals surface area (Å²) in [5, 5.41) is 0. The van der Waals surface area contributed by atoms with Crippen molar-refractivity contribution >= 4 is 47.5 Å². The van der Waals surface area contributed by atoms with Gasteiger partial charge in [0.15, 0.2) is 0 Å². The second-order valence-electron chi connectivity index (χ2n) is 18.3. The highest BCUT2D eigenvalue weighted by atomic mass is 16.6. The van der Waals surface area contributed by atoms with Crippen LogP contribution in [0.1, 0.15) is 81.1 Å². The third kappa shape index (κ3) is 12.9. The number of nitrogens with zero attached hydrogens (tertiary/aromatic N) is 4. The lowest BCUT2D eigenvalue weighted by Gasteiger charge is -2.33. The maximum atomic E-state index is 13.5. The molecule has 0 saturated carbocycles. The van der Waals surface area contributed by atoms with Crippen LogP contribution in [-0.4, -0.2) is 146 Å². The van der Waals surface area contributed by atoms with Crippen LogP contribution < -0.4 is 0 Å². The summed E-state index contributed by atoms with van der Waals surface area (Å²) in [5.74, 6) is -5.83.